The predicted molar refractivity (Wildman–Crippen MR) is 125 cm³/mol. The number of anilines is 1. The van der Waals surface area contributed by atoms with E-state index >= 15 is 0 Å². The van der Waals surface area contributed by atoms with E-state index in [0.29, 0.717) is 10.5 Å². The number of alkyl halides is 3. The summed E-state index contributed by atoms with van der Waals surface area (Å²) in [5, 5.41) is 0. The summed E-state index contributed by atoms with van der Waals surface area (Å²) in [7, 11) is 0. The second-order valence-corrected chi connectivity index (χ2v) is 10.2. The quantitative estimate of drug-likeness (QED) is 0.445. The average Bonchev–Trinajstić information content (AvgIpc) is 3.44. The van der Waals surface area contributed by atoms with E-state index in [1.165, 1.54) is 17.3 Å². The molecule has 11 heteroatoms. The maximum Gasteiger partial charge on any atom is 0.434 e. The number of rotatable bonds is 3. The second-order valence-electron chi connectivity index (χ2n) is 9.08. The molecule has 0 bridgehead atoms. The van der Waals surface area contributed by atoms with Gasteiger partial charge in [0.05, 0.1) is 9.79 Å². The fourth-order valence-corrected chi connectivity index (χ4v) is 6.33. The minimum atomic E-state index is -4.57. The Hall–Kier alpha value is -3.18. The molecule has 35 heavy (non-hydrogen) atoms. The van der Waals surface area contributed by atoms with Gasteiger partial charge in [0, 0.05) is 43.9 Å². The smallest absolute Gasteiger partial charge is 0.342 e. The number of piperidine rings is 1. The van der Waals surface area contributed by atoms with Crippen LogP contribution in [0.1, 0.15) is 35.7 Å². The molecule has 3 aromatic heterocycles. The topological polar surface area (TPSA) is 85.2 Å². The Morgan fingerprint density at radius 1 is 1.03 bits per heavy atom. The van der Waals surface area contributed by atoms with E-state index in [1.807, 2.05) is 10.5 Å². The molecule has 7 nitrogen and oxygen atoms in total. The summed E-state index contributed by atoms with van der Waals surface area (Å²) in [6.07, 6.45) is 5.36. The molecule has 180 valence electrons. The molecule has 2 aliphatic rings. The van der Waals surface area contributed by atoms with Crippen molar-refractivity contribution < 1.29 is 13.2 Å². The Morgan fingerprint density at radius 3 is 2.60 bits per heavy atom. The number of fused-ring (bicyclic) bond motifs is 2. The predicted octanol–water partition coefficient (Wildman–Crippen LogP) is 4.53. The molecule has 1 aromatic carbocycles. The van der Waals surface area contributed by atoms with Crippen molar-refractivity contribution in [2.75, 3.05) is 18.0 Å². The zero-order chi connectivity index (χ0) is 24.2. The van der Waals surface area contributed by atoms with Crippen molar-refractivity contribution in [1.29, 1.82) is 0 Å². The summed E-state index contributed by atoms with van der Waals surface area (Å²) in [5.74, 6) is 0.723. The Kier molecular flexibility index (Phi) is 5.22. The van der Waals surface area contributed by atoms with Gasteiger partial charge in [-0.3, -0.25) is 4.40 Å². The molecule has 6 rings (SSSR count). The van der Waals surface area contributed by atoms with Gasteiger partial charge in [-0.25, -0.2) is 19.9 Å². The molecule has 1 spiro atoms. The van der Waals surface area contributed by atoms with Gasteiger partial charge < -0.3 is 10.6 Å². The molecule has 1 aliphatic carbocycles. The molecule has 1 saturated heterocycles. The van der Waals surface area contributed by atoms with Gasteiger partial charge in [-0.2, -0.15) is 13.2 Å². The van der Waals surface area contributed by atoms with Gasteiger partial charge >= 0.3 is 6.18 Å². The highest BCUT2D eigenvalue weighted by molar-refractivity contribution is 7.99. The van der Waals surface area contributed by atoms with Crippen LogP contribution < -0.4 is 10.6 Å². The van der Waals surface area contributed by atoms with Crippen molar-refractivity contribution in [3.63, 3.8) is 0 Å². The second kappa shape index (κ2) is 8.20. The van der Waals surface area contributed by atoms with Crippen molar-refractivity contribution in [2.45, 2.75) is 41.3 Å². The van der Waals surface area contributed by atoms with Crippen LogP contribution in [0.2, 0.25) is 0 Å². The molecule has 1 aliphatic heterocycles. The molecule has 1 fully saturated rings. The van der Waals surface area contributed by atoms with Gasteiger partial charge in [-0.1, -0.05) is 36.0 Å². The Bertz CT molecular complexity index is 1400. The number of nitrogens with two attached hydrogens (primary N) is 1. The minimum Gasteiger partial charge on any atom is -0.342 e. The molecular formula is C24H22F3N7S. The summed E-state index contributed by atoms with van der Waals surface area (Å²) in [6.45, 7) is 1.58. The lowest BCUT2D eigenvalue weighted by molar-refractivity contribution is -0.143. The van der Waals surface area contributed by atoms with E-state index in [0.717, 1.165) is 56.4 Å². The van der Waals surface area contributed by atoms with Gasteiger partial charge in [-0.15, -0.1) is 0 Å². The number of hydrogen-bond acceptors (Lipinski definition) is 7. The Labute approximate surface area is 203 Å². The standard InChI is InChI=1S/C24H22F3N7S/c25-24(26,27)20-17(12-29-14-32-20)35-18-13-31-22(34-10-7-30-21(18)34)33-8-5-23(6-9-33)11-15-3-1-2-4-16(15)19(23)28/h1-4,7,10,12-14,19H,5-6,8-9,11,28H2/t19-/m1/s1. The van der Waals surface area contributed by atoms with Crippen molar-refractivity contribution in [3.8, 4) is 0 Å². The minimum absolute atomic E-state index is 0.0248. The number of hydrogen-bond donors (Lipinski definition) is 1. The maximum absolute atomic E-state index is 13.4. The van der Waals surface area contributed by atoms with E-state index in [4.69, 9.17) is 5.73 Å². The Balaban J connectivity index is 1.26. The highest BCUT2D eigenvalue weighted by atomic mass is 32.2. The van der Waals surface area contributed by atoms with E-state index in [9.17, 15) is 13.2 Å². The lowest BCUT2D eigenvalue weighted by atomic mass is 9.73. The number of benzene rings is 1. The molecule has 0 saturated carbocycles. The third-order valence-electron chi connectivity index (χ3n) is 7.18. The third kappa shape index (κ3) is 3.73. The van der Waals surface area contributed by atoms with Crippen LogP contribution in [0, 0.1) is 5.41 Å². The van der Waals surface area contributed by atoms with Gasteiger partial charge in [0.2, 0.25) is 5.95 Å². The van der Waals surface area contributed by atoms with Crippen LogP contribution in [0.4, 0.5) is 19.1 Å². The van der Waals surface area contributed by atoms with Crippen molar-refractivity contribution in [2.24, 2.45) is 11.1 Å². The van der Waals surface area contributed by atoms with Gasteiger partial charge in [0.1, 0.15) is 6.33 Å². The summed E-state index contributed by atoms with van der Waals surface area (Å²) in [4.78, 5) is 18.9. The van der Waals surface area contributed by atoms with Gasteiger partial charge in [-0.05, 0) is 35.8 Å². The maximum atomic E-state index is 13.4. The highest BCUT2D eigenvalue weighted by Crippen LogP contribution is 2.51. The molecular weight excluding hydrogens is 475 g/mol. The first-order chi connectivity index (χ1) is 16.9. The SMILES string of the molecule is N[C@@H]1c2ccccc2CC12CCN(c1ncc(Sc3cncnc3C(F)(F)F)c3nccn13)CC2. The van der Waals surface area contributed by atoms with Crippen molar-refractivity contribution >= 4 is 23.4 Å². The van der Waals surface area contributed by atoms with Crippen LogP contribution >= 0.6 is 11.8 Å². The summed E-state index contributed by atoms with van der Waals surface area (Å²) in [6, 6.07) is 8.45. The fraction of sp³-hybridized carbons (Fsp3) is 0.333. The van der Waals surface area contributed by atoms with E-state index in [1.54, 1.807) is 18.6 Å². The first-order valence-electron chi connectivity index (χ1n) is 11.3. The molecule has 4 heterocycles. The van der Waals surface area contributed by atoms with E-state index in [-0.39, 0.29) is 16.4 Å². The fourth-order valence-electron chi connectivity index (χ4n) is 5.37. The van der Waals surface area contributed by atoms with E-state index < -0.39 is 11.9 Å². The van der Waals surface area contributed by atoms with Crippen molar-refractivity contribution in [3.05, 3.63) is 72.2 Å². The lowest BCUT2D eigenvalue weighted by Crippen LogP contribution is -2.45. The lowest BCUT2D eigenvalue weighted by Gasteiger charge is -2.42. The molecule has 0 unspecified atom stereocenters. The molecule has 0 amide bonds. The molecule has 2 N–H and O–H groups in total. The highest BCUT2D eigenvalue weighted by Gasteiger charge is 2.46. The summed E-state index contributed by atoms with van der Waals surface area (Å²) >= 11 is 0.913. The van der Waals surface area contributed by atoms with Gasteiger partial charge in [0.15, 0.2) is 11.3 Å². The van der Waals surface area contributed by atoms with Gasteiger partial charge in [0.25, 0.3) is 0 Å². The Morgan fingerprint density at radius 2 is 1.83 bits per heavy atom. The summed E-state index contributed by atoms with van der Waals surface area (Å²) in [5.41, 5.74) is 8.92. The third-order valence-corrected chi connectivity index (χ3v) is 8.20. The summed E-state index contributed by atoms with van der Waals surface area (Å²) < 4.78 is 42.0. The monoisotopic (exact) mass is 497 g/mol. The van der Waals surface area contributed by atoms with Crippen LogP contribution in [0.15, 0.2) is 65.2 Å². The van der Waals surface area contributed by atoms with Crippen LogP contribution in [-0.4, -0.2) is 37.4 Å². The number of halogens is 3. The number of aromatic nitrogens is 5. The van der Waals surface area contributed by atoms with E-state index in [2.05, 4.69) is 43.0 Å². The average molecular weight is 498 g/mol. The molecule has 0 radical (unpaired) electrons. The zero-order valence-corrected chi connectivity index (χ0v) is 19.4. The largest absolute Gasteiger partial charge is 0.434 e. The number of nitrogens with zero attached hydrogens (tertiary/aromatic N) is 6. The zero-order valence-electron chi connectivity index (χ0n) is 18.6. The normalized spacial score (nSPS) is 19.4. The van der Waals surface area contributed by atoms with Crippen LogP contribution in [0.5, 0.6) is 0 Å². The van der Waals surface area contributed by atoms with Crippen molar-refractivity contribution in [1.82, 2.24) is 24.3 Å². The number of imidazole rings is 1. The first kappa shape index (κ1) is 22.3. The first-order valence-corrected chi connectivity index (χ1v) is 12.1. The molecule has 1 atom stereocenters. The molecule has 4 aromatic rings. The van der Waals surface area contributed by atoms with Crippen LogP contribution in [0.25, 0.3) is 5.65 Å². The van der Waals surface area contributed by atoms with Crippen LogP contribution in [0.3, 0.4) is 0 Å². The van der Waals surface area contributed by atoms with Crippen LogP contribution in [-0.2, 0) is 12.6 Å².